The number of hydrogen-bond acceptors (Lipinski definition) is 4. The van der Waals surface area contributed by atoms with Gasteiger partial charge in [-0.25, -0.2) is 4.79 Å². The molecule has 2 N–H and O–H groups in total. The quantitative estimate of drug-likeness (QED) is 0.824. The average Bonchev–Trinajstić information content (AvgIpc) is 3.10. The van der Waals surface area contributed by atoms with Crippen molar-refractivity contribution in [2.45, 2.75) is 25.5 Å². The molecule has 2 heterocycles. The summed E-state index contributed by atoms with van der Waals surface area (Å²) in [5.74, 6) is -0.231. The minimum atomic E-state index is -0.950. The van der Waals surface area contributed by atoms with E-state index in [4.69, 9.17) is 9.84 Å². The van der Waals surface area contributed by atoms with Gasteiger partial charge in [-0.05, 0) is 18.8 Å². The molecule has 6 nitrogen and oxygen atoms in total. The molecule has 18 heavy (non-hydrogen) atoms. The first kappa shape index (κ1) is 11.7. The zero-order valence-corrected chi connectivity index (χ0v) is 10.1. The number of aromatic amines is 1. The molecule has 1 aromatic rings. The van der Waals surface area contributed by atoms with Crippen molar-refractivity contribution in [3.63, 3.8) is 0 Å². The van der Waals surface area contributed by atoms with Gasteiger partial charge in [0.05, 0.1) is 18.9 Å². The van der Waals surface area contributed by atoms with Crippen molar-refractivity contribution in [1.29, 1.82) is 0 Å². The van der Waals surface area contributed by atoms with Crippen LogP contribution in [-0.2, 0) is 11.3 Å². The first-order chi connectivity index (χ1) is 8.74. The van der Waals surface area contributed by atoms with Gasteiger partial charge in [0, 0.05) is 25.2 Å². The smallest absolute Gasteiger partial charge is 0.354 e. The second-order valence-electron chi connectivity index (χ2n) is 5.06. The van der Waals surface area contributed by atoms with Crippen LogP contribution in [0.1, 0.15) is 28.9 Å². The number of rotatable bonds is 4. The SMILES string of the molecule is O=C(O)c1[nH]ncc1CN1CCOC(C2CC2)C1. The number of hydrogen-bond donors (Lipinski definition) is 2. The summed E-state index contributed by atoms with van der Waals surface area (Å²) in [4.78, 5) is 13.2. The monoisotopic (exact) mass is 251 g/mol. The van der Waals surface area contributed by atoms with E-state index in [0.29, 0.717) is 12.6 Å². The van der Waals surface area contributed by atoms with Gasteiger partial charge < -0.3 is 9.84 Å². The van der Waals surface area contributed by atoms with Gasteiger partial charge in [0.15, 0.2) is 0 Å². The number of nitrogens with one attached hydrogen (secondary N) is 1. The second kappa shape index (κ2) is 4.70. The number of aromatic carboxylic acids is 1. The van der Waals surface area contributed by atoms with Gasteiger partial charge in [0.2, 0.25) is 0 Å². The molecule has 3 rings (SSSR count). The summed E-state index contributed by atoms with van der Waals surface area (Å²) in [6, 6.07) is 0. The van der Waals surface area contributed by atoms with Crippen LogP contribution in [0.3, 0.4) is 0 Å². The summed E-state index contributed by atoms with van der Waals surface area (Å²) in [6.45, 7) is 3.12. The van der Waals surface area contributed by atoms with Crippen molar-refractivity contribution in [2.75, 3.05) is 19.7 Å². The van der Waals surface area contributed by atoms with E-state index in [-0.39, 0.29) is 5.69 Å². The van der Waals surface area contributed by atoms with Gasteiger partial charge in [-0.2, -0.15) is 5.10 Å². The highest BCUT2D eigenvalue weighted by molar-refractivity contribution is 5.86. The molecule has 0 aromatic carbocycles. The lowest BCUT2D eigenvalue weighted by atomic mass is 10.1. The molecule has 0 bridgehead atoms. The van der Waals surface area contributed by atoms with Gasteiger partial charge in [-0.15, -0.1) is 0 Å². The summed E-state index contributed by atoms with van der Waals surface area (Å²) >= 11 is 0. The second-order valence-corrected chi connectivity index (χ2v) is 5.06. The van der Waals surface area contributed by atoms with E-state index in [1.165, 1.54) is 12.8 Å². The van der Waals surface area contributed by atoms with E-state index in [2.05, 4.69) is 15.1 Å². The Hall–Kier alpha value is -1.40. The molecular weight excluding hydrogens is 234 g/mol. The van der Waals surface area contributed by atoms with Crippen LogP contribution in [0.25, 0.3) is 0 Å². The number of carboxylic acid groups (broad SMARTS) is 1. The molecule has 0 radical (unpaired) electrons. The maximum absolute atomic E-state index is 11.0. The summed E-state index contributed by atoms with van der Waals surface area (Å²) in [5.41, 5.74) is 0.948. The number of nitrogens with zero attached hydrogens (tertiary/aromatic N) is 2. The molecule has 1 atom stereocenters. The lowest BCUT2D eigenvalue weighted by molar-refractivity contribution is -0.0419. The van der Waals surface area contributed by atoms with Crippen molar-refractivity contribution in [2.24, 2.45) is 5.92 Å². The fourth-order valence-electron chi connectivity index (χ4n) is 2.49. The molecule has 6 heteroatoms. The molecule has 1 aliphatic heterocycles. The molecule has 98 valence electrons. The Bertz CT molecular complexity index is 442. The molecule has 0 spiro atoms. The predicted octanol–water partition coefficient (Wildman–Crippen LogP) is 0.719. The lowest BCUT2D eigenvalue weighted by Gasteiger charge is -2.32. The first-order valence-corrected chi connectivity index (χ1v) is 6.33. The Morgan fingerprint density at radius 1 is 1.61 bits per heavy atom. The van der Waals surface area contributed by atoms with E-state index in [0.717, 1.165) is 31.2 Å². The van der Waals surface area contributed by atoms with Gasteiger partial charge in [0.1, 0.15) is 5.69 Å². The van der Waals surface area contributed by atoms with Gasteiger partial charge >= 0.3 is 5.97 Å². The van der Waals surface area contributed by atoms with Crippen molar-refractivity contribution in [3.8, 4) is 0 Å². The van der Waals surface area contributed by atoms with Crippen LogP contribution >= 0.6 is 0 Å². The molecule has 1 saturated carbocycles. The standard InChI is InChI=1S/C12H17N3O3/c16-12(17)11-9(5-13-14-11)6-15-3-4-18-10(7-15)8-1-2-8/h5,8,10H,1-4,6-7H2,(H,13,14)(H,16,17). The molecule has 2 fully saturated rings. The van der Waals surface area contributed by atoms with Crippen LogP contribution in [0, 0.1) is 5.92 Å². The number of ether oxygens (including phenoxy) is 1. The normalized spacial score (nSPS) is 25.2. The van der Waals surface area contributed by atoms with Crippen LogP contribution in [-0.4, -0.2) is 52.0 Å². The Morgan fingerprint density at radius 3 is 3.17 bits per heavy atom. The Labute approximate surface area is 105 Å². The number of morpholine rings is 1. The summed E-state index contributed by atoms with van der Waals surface area (Å²) < 4.78 is 5.75. The Morgan fingerprint density at radius 2 is 2.44 bits per heavy atom. The average molecular weight is 251 g/mol. The molecule has 1 aliphatic carbocycles. The van der Waals surface area contributed by atoms with E-state index in [9.17, 15) is 4.79 Å². The third kappa shape index (κ3) is 2.39. The topological polar surface area (TPSA) is 78.4 Å². The minimum Gasteiger partial charge on any atom is -0.477 e. The summed E-state index contributed by atoms with van der Waals surface area (Å²) in [7, 11) is 0. The van der Waals surface area contributed by atoms with E-state index in [1.807, 2.05) is 0 Å². The Kier molecular flexibility index (Phi) is 3.05. The minimum absolute atomic E-state index is 0.199. The summed E-state index contributed by atoms with van der Waals surface area (Å²) in [6.07, 6.45) is 4.47. The van der Waals surface area contributed by atoms with Crippen LogP contribution in [0.5, 0.6) is 0 Å². The number of H-pyrrole nitrogens is 1. The van der Waals surface area contributed by atoms with Crippen LogP contribution < -0.4 is 0 Å². The van der Waals surface area contributed by atoms with Crippen LogP contribution in [0.2, 0.25) is 0 Å². The summed E-state index contributed by atoms with van der Waals surface area (Å²) in [5, 5.41) is 15.4. The fraction of sp³-hybridized carbons (Fsp3) is 0.667. The molecule has 2 aliphatic rings. The lowest BCUT2D eigenvalue weighted by Crippen LogP contribution is -2.43. The molecule has 1 aromatic heterocycles. The highest BCUT2D eigenvalue weighted by Gasteiger charge is 2.35. The molecule has 1 unspecified atom stereocenters. The van der Waals surface area contributed by atoms with E-state index in [1.54, 1.807) is 6.20 Å². The van der Waals surface area contributed by atoms with E-state index < -0.39 is 5.97 Å². The number of carboxylic acids is 1. The Balaban J connectivity index is 1.64. The number of aromatic nitrogens is 2. The van der Waals surface area contributed by atoms with Crippen molar-refractivity contribution < 1.29 is 14.6 Å². The maximum Gasteiger partial charge on any atom is 0.354 e. The largest absolute Gasteiger partial charge is 0.477 e. The third-order valence-corrected chi connectivity index (χ3v) is 3.65. The third-order valence-electron chi connectivity index (χ3n) is 3.65. The molecular formula is C12H17N3O3. The fourth-order valence-corrected chi connectivity index (χ4v) is 2.49. The van der Waals surface area contributed by atoms with Crippen molar-refractivity contribution in [3.05, 3.63) is 17.5 Å². The maximum atomic E-state index is 11.0. The van der Waals surface area contributed by atoms with Gasteiger partial charge in [0.25, 0.3) is 0 Å². The van der Waals surface area contributed by atoms with Crippen LogP contribution in [0.15, 0.2) is 6.20 Å². The number of carbonyl (C=O) groups is 1. The van der Waals surface area contributed by atoms with Gasteiger partial charge in [-0.3, -0.25) is 10.00 Å². The molecule has 0 amide bonds. The highest BCUT2D eigenvalue weighted by Crippen LogP contribution is 2.35. The zero-order valence-electron chi connectivity index (χ0n) is 10.1. The predicted molar refractivity (Wildman–Crippen MR) is 63.3 cm³/mol. The zero-order chi connectivity index (χ0) is 12.5. The molecule has 1 saturated heterocycles. The van der Waals surface area contributed by atoms with Crippen molar-refractivity contribution >= 4 is 5.97 Å². The van der Waals surface area contributed by atoms with E-state index >= 15 is 0 Å². The highest BCUT2D eigenvalue weighted by atomic mass is 16.5. The first-order valence-electron chi connectivity index (χ1n) is 6.33. The van der Waals surface area contributed by atoms with Crippen molar-refractivity contribution in [1.82, 2.24) is 15.1 Å². The van der Waals surface area contributed by atoms with Crippen LogP contribution in [0.4, 0.5) is 0 Å². The van der Waals surface area contributed by atoms with Gasteiger partial charge in [-0.1, -0.05) is 0 Å².